The molecule has 0 unspecified atom stereocenters. The van der Waals surface area contributed by atoms with Gasteiger partial charge in [0.2, 0.25) is 10.0 Å². The molecular weight excluding hydrogens is 156 g/mol. The third-order valence-corrected chi connectivity index (χ3v) is 1.96. The SMILES string of the molecule is CCNCCS(=O)(=O)NO. The van der Waals surface area contributed by atoms with Crippen LogP contribution in [0.5, 0.6) is 0 Å². The first kappa shape index (κ1) is 9.83. The lowest BCUT2D eigenvalue weighted by Crippen LogP contribution is -2.29. The van der Waals surface area contributed by atoms with Crippen LogP contribution in [-0.2, 0) is 10.0 Å². The number of sulfonamides is 1. The van der Waals surface area contributed by atoms with Gasteiger partial charge in [0, 0.05) is 6.54 Å². The normalized spacial score (nSPS) is 11.8. The van der Waals surface area contributed by atoms with E-state index >= 15 is 0 Å². The maximum atomic E-state index is 10.5. The molecule has 0 saturated heterocycles. The first-order valence-corrected chi connectivity index (χ1v) is 4.62. The molecule has 0 amide bonds. The van der Waals surface area contributed by atoms with Crippen LogP contribution < -0.4 is 10.2 Å². The fourth-order valence-electron chi connectivity index (χ4n) is 0.429. The molecule has 10 heavy (non-hydrogen) atoms. The maximum Gasteiger partial charge on any atom is 0.234 e. The molecular formula is C4H12N2O3S. The molecule has 0 radical (unpaired) electrons. The van der Waals surface area contributed by atoms with Crippen LogP contribution in [0.15, 0.2) is 0 Å². The van der Waals surface area contributed by atoms with Gasteiger partial charge in [-0.05, 0) is 6.54 Å². The Kier molecular flexibility index (Phi) is 4.54. The number of nitrogens with one attached hydrogen (secondary N) is 2. The molecule has 0 aromatic rings. The van der Waals surface area contributed by atoms with E-state index in [4.69, 9.17) is 5.21 Å². The van der Waals surface area contributed by atoms with Gasteiger partial charge in [-0.1, -0.05) is 11.8 Å². The highest BCUT2D eigenvalue weighted by molar-refractivity contribution is 7.89. The van der Waals surface area contributed by atoms with Gasteiger partial charge >= 0.3 is 0 Å². The molecule has 0 atom stereocenters. The van der Waals surface area contributed by atoms with E-state index in [9.17, 15) is 8.42 Å². The van der Waals surface area contributed by atoms with Crippen LogP contribution in [0, 0.1) is 0 Å². The van der Waals surface area contributed by atoms with E-state index in [1.807, 2.05) is 6.92 Å². The summed E-state index contributed by atoms with van der Waals surface area (Å²) in [5.41, 5.74) is 0. The summed E-state index contributed by atoms with van der Waals surface area (Å²) in [4.78, 5) is 1.23. The zero-order valence-electron chi connectivity index (χ0n) is 5.79. The predicted octanol–water partition coefficient (Wildman–Crippen LogP) is -1.10. The summed E-state index contributed by atoms with van der Waals surface area (Å²) >= 11 is 0. The van der Waals surface area contributed by atoms with Crippen molar-refractivity contribution in [2.45, 2.75) is 6.92 Å². The Labute approximate surface area is 60.4 Å². The van der Waals surface area contributed by atoms with E-state index in [0.29, 0.717) is 6.54 Å². The third-order valence-electron chi connectivity index (χ3n) is 0.937. The lowest BCUT2D eigenvalue weighted by molar-refractivity contribution is 0.242. The van der Waals surface area contributed by atoms with Gasteiger partial charge in [-0.3, -0.25) is 0 Å². The first-order valence-electron chi connectivity index (χ1n) is 2.96. The Bertz CT molecular complexity index is 165. The van der Waals surface area contributed by atoms with Crippen molar-refractivity contribution >= 4 is 10.0 Å². The number of hydrogen-bond acceptors (Lipinski definition) is 4. The van der Waals surface area contributed by atoms with Gasteiger partial charge in [0.25, 0.3) is 0 Å². The molecule has 0 fully saturated rings. The molecule has 0 heterocycles. The quantitative estimate of drug-likeness (QED) is 0.360. The second-order valence-corrected chi connectivity index (χ2v) is 3.58. The summed E-state index contributed by atoms with van der Waals surface area (Å²) in [5.74, 6) is -0.0999. The van der Waals surface area contributed by atoms with E-state index < -0.39 is 10.0 Å². The van der Waals surface area contributed by atoms with Gasteiger partial charge in [0.1, 0.15) is 0 Å². The Hall–Kier alpha value is -0.170. The molecule has 0 aromatic heterocycles. The lowest BCUT2D eigenvalue weighted by atomic mass is 10.7. The fraction of sp³-hybridized carbons (Fsp3) is 1.00. The number of rotatable bonds is 5. The molecule has 0 aromatic carbocycles. The predicted molar refractivity (Wildman–Crippen MR) is 37.3 cm³/mol. The van der Waals surface area contributed by atoms with E-state index in [2.05, 4.69) is 5.32 Å². The van der Waals surface area contributed by atoms with Crippen LogP contribution in [0.2, 0.25) is 0 Å². The van der Waals surface area contributed by atoms with E-state index in [-0.39, 0.29) is 5.75 Å². The van der Waals surface area contributed by atoms with E-state index in [1.165, 1.54) is 4.89 Å². The van der Waals surface area contributed by atoms with Gasteiger partial charge in [-0.25, -0.2) is 8.42 Å². The minimum atomic E-state index is -3.45. The van der Waals surface area contributed by atoms with Crippen molar-refractivity contribution in [3.05, 3.63) is 0 Å². The van der Waals surface area contributed by atoms with Crippen LogP contribution in [0.1, 0.15) is 6.92 Å². The van der Waals surface area contributed by atoms with Crippen molar-refractivity contribution < 1.29 is 13.6 Å². The van der Waals surface area contributed by atoms with Crippen molar-refractivity contribution in [3.8, 4) is 0 Å². The summed E-state index contributed by atoms with van der Waals surface area (Å²) in [5, 5.41) is 10.8. The molecule has 3 N–H and O–H groups in total. The smallest absolute Gasteiger partial charge is 0.234 e. The highest BCUT2D eigenvalue weighted by atomic mass is 32.2. The molecule has 5 nitrogen and oxygen atoms in total. The van der Waals surface area contributed by atoms with E-state index in [1.54, 1.807) is 0 Å². The van der Waals surface area contributed by atoms with Crippen LogP contribution >= 0.6 is 0 Å². The minimum absolute atomic E-state index is 0.0999. The highest BCUT2D eigenvalue weighted by Gasteiger charge is 2.05. The molecule has 0 bridgehead atoms. The zero-order valence-corrected chi connectivity index (χ0v) is 6.61. The zero-order chi connectivity index (χ0) is 8.04. The average molecular weight is 168 g/mol. The summed E-state index contributed by atoms with van der Waals surface area (Å²) in [6.45, 7) is 2.95. The Morgan fingerprint density at radius 3 is 2.50 bits per heavy atom. The summed E-state index contributed by atoms with van der Waals surface area (Å²) in [6, 6.07) is 0. The van der Waals surface area contributed by atoms with Gasteiger partial charge in [-0.2, -0.15) is 0 Å². The van der Waals surface area contributed by atoms with Crippen molar-refractivity contribution in [2.24, 2.45) is 0 Å². The van der Waals surface area contributed by atoms with Gasteiger partial charge in [0.05, 0.1) is 5.75 Å². The minimum Gasteiger partial charge on any atom is -0.316 e. The molecule has 0 saturated carbocycles. The summed E-state index contributed by atoms with van der Waals surface area (Å²) in [7, 11) is -3.45. The maximum absolute atomic E-state index is 10.5. The lowest BCUT2D eigenvalue weighted by Gasteiger charge is -2.00. The van der Waals surface area contributed by atoms with E-state index in [0.717, 1.165) is 6.54 Å². The van der Waals surface area contributed by atoms with Gasteiger partial charge < -0.3 is 10.5 Å². The highest BCUT2D eigenvalue weighted by Crippen LogP contribution is 1.77. The second-order valence-electron chi connectivity index (χ2n) is 1.76. The van der Waals surface area contributed by atoms with Crippen molar-refractivity contribution in [2.75, 3.05) is 18.8 Å². The molecule has 0 aliphatic heterocycles. The second kappa shape index (κ2) is 4.62. The topological polar surface area (TPSA) is 78.4 Å². The Morgan fingerprint density at radius 1 is 1.50 bits per heavy atom. The van der Waals surface area contributed by atoms with Crippen LogP contribution in [0.4, 0.5) is 0 Å². The largest absolute Gasteiger partial charge is 0.316 e. The molecule has 0 aliphatic carbocycles. The molecule has 62 valence electrons. The Balaban J connectivity index is 3.49. The van der Waals surface area contributed by atoms with Crippen molar-refractivity contribution in [1.82, 2.24) is 10.2 Å². The molecule has 6 heteroatoms. The van der Waals surface area contributed by atoms with Crippen LogP contribution in [0.25, 0.3) is 0 Å². The molecule has 0 spiro atoms. The average Bonchev–Trinajstić information content (AvgIpc) is 1.89. The van der Waals surface area contributed by atoms with Crippen LogP contribution in [-0.4, -0.2) is 32.5 Å². The van der Waals surface area contributed by atoms with Gasteiger partial charge in [0.15, 0.2) is 0 Å². The fourth-order valence-corrected chi connectivity index (χ4v) is 0.933. The number of hydrogen-bond donors (Lipinski definition) is 3. The third kappa shape index (κ3) is 4.68. The Morgan fingerprint density at radius 2 is 2.10 bits per heavy atom. The summed E-state index contributed by atoms with van der Waals surface area (Å²) in [6.07, 6.45) is 0. The standard InChI is InChI=1S/C4H12N2O3S/c1-2-5-3-4-10(8,9)6-7/h5-7H,2-4H2,1H3. The molecule has 0 rings (SSSR count). The molecule has 0 aliphatic rings. The monoisotopic (exact) mass is 168 g/mol. The van der Waals surface area contributed by atoms with Crippen LogP contribution in [0.3, 0.4) is 0 Å². The summed E-state index contributed by atoms with van der Waals surface area (Å²) < 4.78 is 20.9. The van der Waals surface area contributed by atoms with Gasteiger partial charge in [-0.15, -0.1) is 0 Å². The first-order chi connectivity index (χ1) is 4.62. The van der Waals surface area contributed by atoms with Crippen molar-refractivity contribution in [3.63, 3.8) is 0 Å². The van der Waals surface area contributed by atoms with Crippen molar-refractivity contribution in [1.29, 1.82) is 0 Å².